The Balaban J connectivity index is 1.52. The summed E-state index contributed by atoms with van der Waals surface area (Å²) >= 11 is 1.44. The van der Waals surface area contributed by atoms with Crippen LogP contribution in [-0.4, -0.2) is 32.5 Å². The first-order chi connectivity index (χ1) is 14.5. The van der Waals surface area contributed by atoms with Crippen LogP contribution in [0.3, 0.4) is 0 Å². The third-order valence-electron chi connectivity index (χ3n) is 5.81. The third-order valence-corrected chi connectivity index (χ3v) is 6.78. The van der Waals surface area contributed by atoms with Gasteiger partial charge in [-0.05, 0) is 49.3 Å². The number of benzene rings is 1. The summed E-state index contributed by atoms with van der Waals surface area (Å²) in [5.74, 6) is 3.09. The van der Waals surface area contributed by atoms with Gasteiger partial charge < -0.3 is 14.6 Å². The summed E-state index contributed by atoms with van der Waals surface area (Å²) in [7, 11) is 0. The molecule has 0 spiro atoms. The van der Waals surface area contributed by atoms with Crippen molar-refractivity contribution in [3.05, 3.63) is 35.7 Å². The maximum Gasteiger partial charge on any atom is 0.230 e. The molecule has 1 aromatic heterocycles. The molecule has 7 heteroatoms. The lowest BCUT2D eigenvalue weighted by Crippen LogP contribution is -2.41. The largest absolute Gasteiger partial charge is 0.486 e. The second-order valence-corrected chi connectivity index (χ2v) is 9.32. The summed E-state index contributed by atoms with van der Waals surface area (Å²) in [4.78, 5) is 12.4. The van der Waals surface area contributed by atoms with Crippen molar-refractivity contribution in [3.63, 3.8) is 0 Å². The number of nitrogens with one attached hydrogen (secondary N) is 1. The number of hydrogen-bond acceptors (Lipinski definition) is 5. The summed E-state index contributed by atoms with van der Waals surface area (Å²) in [6, 6.07) is 8.49. The Bertz CT molecular complexity index is 819. The van der Waals surface area contributed by atoms with E-state index in [1.54, 1.807) is 0 Å². The number of aromatic nitrogens is 3. The Morgan fingerprint density at radius 3 is 2.63 bits per heavy atom. The molecule has 1 heterocycles. The van der Waals surface area contributed by atoms with Crippen LogP contribution in [0.15, 0.2) is 29.4 Å². The van der Waals surface area contributed by atoms with Gasteiger partial charge in [0, 0.05) is 12.6 Å². The first kappa shape index (κ1) is 22.7. The maximum absolute atomic E-state index is 12.4. The Labute approximate surface area is 184 Å². The molecule has 1 aliphatic carbocycles. The molecule has 1 N–H and O–H groups in total. The van der Waals surface area contributed by atoms with Crippen LogP contribution in [0, 0.1) is 5.92 Å². The third kappa shape index (κ3) is 6.00. The molecule has 1 fully saturated rings. The van der Waals surface area contributed by atoms with Gasteiger partial charge in [0.2, 0.25) is 5.91 Å². The van der Waals surface area contributed by atoms with Crippen LogP contribution in [0.2, 0.25) is 0 Å². The topological polar surface area (TPSA) is 69.0 Å². The fraction of sp³-hybridized carbons (Fsp3) is 0.609. The fourth-order valence-corrected chi connectivity index (χ4v) is 4.69. The molecule has 2 aromatic rings. The van der Waals surface area contributed by atoms with Crippen molar-refractivity contribution >= 4 is 17.7 Å². The van der Waals surface area contributed by atoms with Crippen LogP contribution in [0.1, 0.15) is 70.7 Å². The Kier molecular flexibility index (Phi) is 8.19. The van der Waals surface area contributed by atoms with Gasteiger partial charge in [0.15, 0.2) is 11.0 Å². The molecule has 1 aromatic carbocycles. The number of carbonyl (C=O) groups is 1. The molecule has 0 saturated heterocycles. The highest BCUT2D eigenvalue weighted by molar-refractivity contribution is 7.99. The van der Waals surface area contributed by atoms with E-state index in [2.05, 4.69) is 55.3 Å². The van der Waals surface area contributed by atoms with Crippen molar-refractivity contribution in [2.45, 2.75) is 83.6 Å². The number of rotatable bonds is 9. The molecule has 1 aliphatic rings. The summed E-state index contributed by atoms with van der Waals surface area (Å²) in [5.41, 5.74) is 1.29. The van der Waals surface area contributed by atoms with E-state index in [1.807, 2.05) is 16.7 Å². The van der Waals surface area contributed by atoms with Crippen LogP contribution in [0.5, 0.6) is 5.75 Å². The van der Waals surface area contributed by atoms with Gasteiger partial charge in [-0.2, -0.15) is 0 Å². The predicted molar refractivity (Wildman–Crippen MR) is 121 cm³/mol. The van der Waals surface area contributed by atoms with Crippen LogP contribution in [0.25, 0.3) is 0 Å². The minimum Gasteiger partial charge on any atom is -0.486 e. The van der Waals surface area contributed by atoms with Gasteiger partial charge in [0.1, 0.15) is 12.4 Å². The molecule has 30 heavy (non-hydrogen) atoms. The summed E-state index contributed by atoms with van der Waals surface area (Å²) < 4.78 is 7.93. The second-order valence-electron chi connectivity index (χ2n) is 8.38. The van der Waals surface area contributed by atoms with Crippen molar-refractivity contribution in [1.29, 1.82) is 0 Å². The van der Waals surface area contributed by atoms with E-state index >= 15 is 0 Å². The number of ether oxygens (including phenoxy) is 1. The quantitative estimate of drug-likeness (QED) is 0.580. The molecule has 0 aliphatic heterocycles. The molecule has 1 amide bonds. The molecule has 164 valence electrons. The number of nitrogens with zero attached hydrogens (tertiary/aromatic N) is 3. The normalized spacial score (nSPS) is 19.1. The number of carbonyl (C=O) groups excluding carboxylic acids is 1. The highest BCUT2D eigenvalue weighted by atomic mass is 32.2. The van der Waals surface area contributed by atoms with E-state index in [-0.39, 0.29) is 5.91 Å². The van der Waals surface area contributed by atoms with Crippen LogP contribution in [-0.2, 0) is 17.9 Å². The highest BCUT2D eigenvalue weighted by Gasteiger charge is 2.23. The van der Waals surface area contributed by atoms with Crippen LogP contribution >= 0.6 is 11.8 Å². The zero-order valence-electron chi connectivity index (χ0n) is 18.6. The van der Waals surface area contributed by atoms with Gasteiger partial charge in [-0.1, -0.05) is 57.5 Å². The lowest BCUT2D eigenvalue weighted by Gasteiger charge is -2.29. The van der Waals surface area contributed by atoms with Gasteiger partial charge in [-0.3, -0.25) is 4.79 Å². The summed E-state index contributed by atoms with van der Waals surface area (Å²) in [6.07, 6.45) is 4.76. The van der Waals surface area contributed by atoms with Crippen molar-refractivity contribution in [2.75, 3.05) is 5.75 Å². The standard InChI is InChI=1S/C23H34N4O2S/c1-5-27-21(14-29-19-12-10-18(11-13-19)16(2)3)25-26-23(27)30-15-22(28)24-20-9-7-6-8-17(20)4/h10-13,16-17,20H,5-9,14-15H2,1-4H3,(H,24,28)/t17-,20+/m0/s1. The minimum absolute atomic E-state index is 0.0763. The second kappa shape index (κ2) is 10.8. The zero-order valence-corrected chi connectivity index (χ0v) is 19.4. The lowest BCUT2D eigenvalue weighted by atomic mass is 9.86. The van der Waals surface area contributed by atoms with Gasteiger partial charge >= 0.3 is 0 Å². The van der Waals surface area contributed by atoms with E-state index < -0.39 is 0 Å². The van der Waals surface area contributed by atoms with Gasteiger partial charge in [0.25, 0.3) is 0 Å². The van der Waals surface area contributed by atoms with E-state index in [0.29, 0.717) is 30.2 Å². The summed E-state index contributed by atoms with van der Waals surface area (Å²) in [5, 5.41) is 12.5. The van der Waals surface area contributed by atoms with Gasteiger partial charge in [0.05, 0.1) is 5.75 Å². The van der Waals surface area contributed by atoms with E-state index in [0.717, 1.165) is 29.7 Å². The molecule has 2 atom stereocenters. The van der Waals surface area contributed by atoms with Gasteiger partial charge in [-0.15, -0.1) is 10.2 Å². The molecular formula is C23H34N4O2S. The fourth-order valence-electron chi connectivity index (χ4n) is 3.86. The Morgan fingerprint density at radius 2 is 1.97 bits per heavy atom. The van der Waals surface area contributed by atoms with Crippen LogP contribution < -0.4 is 10.1 Å². The Hall–Kier alpha value is -2.02. The molecular weight excluding hydrogens is 396 g/mol. The SMILES string of the molecule is CCn1c(COc2ccc(C(C)C)cc2)nnc1SCC(=O)N[C@@H]1CCCC[C@@H]1C. The smallest absolute Gasteiger partial charge is 0.230 e. The highest BCUT2D eigenvalue weighted by Crippen LogP contribution is 2.24. The van der Waals surface area contributed by atoms with Gasteiger partial charge in [-0.25, -0.2) is 0 Å². The summed E-state index contributed by atoms with van der Waals surface area (Å²) in [6.45, 7) is 9.73. The van der Waals surface area contributed by atoms with E-state index in [1.165, 1.54) is 36.6 Å². The number of hydrogen-bond donors (Lipinski definition) is 1. The monoisotopic (exact) mass is 430 g/mol. The van der Waals surface area contributed by atoms with Crippen molar-refractivity contribution in [3.8, 4) is 5.75 Å². The molecule has 6 nitrogen and oxygen atoms in total. The first-order valence-electron chi connectivity index (χ1n) is 11.0. The lowest BCUT2D eigenvalue weighted by molar-refractivity contribution is -0.119. The van der Waals surface area contributed by atoms with E-state index in [9.17, 15) is 4.79 Å². The molecule has 0 unspecified atom stereocenters. The van der Waals surface area contributed by atoms with Crippen molar-refractivity contribution < 1.29 is 9.53 Å². The molecule has 1 saturated carbocycles. The van der Waals surface area contributed by atoms with Crippen LogP contribution in [0.4, 0.5) is 0 Å². The average Bonchev–Trinajstić information content (AvgIpc) is 3.14. The average molecular weight is 431 g/mol. The molecule has 3 rings (SSSR count). The number of amides is 1. The zero-order chi connectivity index (χ0) is 21.5. The predicted octanol–water partition coefficient (Wildman–Crippen LogP) is 4.79. The molecule has 0 bridgehead atoms. The first-order valence-corrected chi connectivity index (χ1v) is 12.0. The maximum atomic E-state index is 12.4. The minimum atomic E-state index is 0.0763. The van der Waals surface area contributed by atoms with Crippen molar-refractivity contribution in [1.82, 2.24) is 20.1 Å². The van der Waals surface area contributed by atoms with E-state index in [4.69, 9.17) is 4.74 Å². The van der Waals surface area contributed by atoms with Crippen molar-refractivity contribution in [2.24, 2.45) is 5.92 Å². The molecule has 0 radical (unpaired) electrons. The number of thioether (sulfide) groups is 1. The Morgan fingerprint density at radius 1 is 1.23 bits per heavy atom.